The maximum atomic E-state index is 12.4. The zero-order chi connectivity index (χ0) is 19.7. The van der Waals surface area contributed by atoms with Crippen molar-refractivity contribution in [1.29, 1.82) is 0 Å². The number of rotatable bonds is 8. The molecule has 0 saturated carbocycles. The Balaban J connectivity index is 1.91. The van der Waals surface area contributed by atoms with E-state index in [1.165, 1.54) is 0 Å². The normalized spacial score (nSPS) is 16.0. The van der Waals surface area contributed by atoms with Crippen LogP contribution < -0.4 is 20.1 Å². The molecule has 1 aliphatic heterocycles. The summed E-state index contributed by atoms with van der Waals surface area (Å²) < 4.78 is 37.2. The SMILES string of the molecule is CCOc1cc(NC(=NC)NCCS(=O)(=O)N2CCSCC2)ccc1OC. The second-order valence-electron chi connectivity index (χ2n) is 5.75. The van der Waals surface area contributed by atoms with Crippen molar-refractivity contribution in [2.45, 2.75) is 6.92 Å². The summed E-state index contributed by atoms with van der Waals surface area (Å²) in [4.78, 5) is 4.14. The fourth-order valence-electron chi connectivity index (χ4n) is 2.59. The molecule has 1 fully saturated rings. The number of nitrogens with zero attached hydrogens (tertiary/aromatic N) is 2. The van der Waals surface area contributed by atoms with Crippen LogP contribution in [0.15, 0.2) is 23.2 Å². The summed E-state index contributed by atoms with van der Waals surface area (Å²) >= 11 is 1.79. The lowest BCUT2D eigenvalue weighted by molar-refractivity contribution is 0.311. The molecular weight excluding hydrogens is 388 g/mol. The Morgan fingerprint density at radius 3 is 2.67 bits per heavy atom. The van der Waals surface area contributed by atoms with Crippen molar-refractivity contribution in [2.75, 3.05) is 63.0 Å². The summed E-state index contributed by atoms with van der Waals surface area (Å²) in [5, 5.41) is 6.19. The van der Waals surface area contributed by atoms with Gasteiger partial charge in [0, 0.05) is 49.9 Å². The van der Waals surface area contributed by atoms with Gasteiger partial charge in [0.05, 0.1) is 19.5 Å². The Morgan fingerprint density at radius 2 is 2.04 bits per heavy atom. The van der Waals surface area contributed by atoms with Gasteiger partial charge in [-0.05, 0) is 19.1 Å². The summed E-state index contributed by atoms with van der Waals surface area (Å²) in [7, 11) is -0.0172. The number of thioether (sulfide) groups is 1. The maximum Gasteiger partial charge on any atom is 0.215 e. The Hall–Kier alpha value is -1.65. The van der Waals surface area contributed by atoms with E-state index in [2.05, 4.69) is 15.6 Å². The number of methoxy groups -OCH3 is 1. The van der Waals surface area contributed by atoms with Crippen LogP contribution in [0.3, 0.4) is 0 Å². The van der Waals surface area contributed by atoms with Gasteiger partial charge >= 0.3 is 0 Å². The second kappa shape index (κ2) is 10.6. The molecule has 0 unspecified atom stereocenters. The monoisotopic (exact) mass is 416 g/mol. The molecule has 0 spiro atoms. The van der Waals surface area contributed by atoms with Crippen LogP contribution in [-0.4, -0.2) is 76.3 Å². The Labute approximate surface area is 165 Å². The quantitative estimate of drug-likeness (QED) is 0.490. The predicted octanol–water partition coefficient (Wildman–Crippen LogP) is 1.46. The van der Waals surface area contributed by atoms with Crippen LogP contribution >= 0.6 is 11.8 Å². The number of benzene rings is 1. The molecule has 1 aromatic rings. The molecule has 1 aliphatic rings. The molecule has 0 aromatic heterocycles. The van der Waals surface area contributed by atoms with E-state index in [4.69, 9.17) is 9.47 Å². The highest BCUT2D eigenvalue weighted by Crippen LogP contribution is 2.30. The molecule has 2 rings (SSSR count). The van der Waals surface area contributed by atoms with Gasteiger partial charge in [-0.3, -0.25) is 4.99 Å². The molecule has 0 radical (unpaired) electrons. The van der Waals surface area contributed by atoms with Gasteiger partial charge in [-0.25, -0.2) is 12.7 Å². The number of ether oxygens (including phenoxy) is 2. The fraction of sp³-hybridized carbons (Fsp3) is 0.588. The van der Waals surface area contributed by atoms with Gasteiger partial charge in [-0.15, -0.1) is 0 Å². The van der Waals surface area contributed by atoms with Crippen molar-refractivity contribution in [1.82, 2.24) is 9.62 Å². The first kappa shape index (κ1) is 21.6. The highest BCUT2D eigenvalue weighted by Gasteiger charge is 2.23. The van der Waals surface area contributed by atoms with Crippen molar-refractivity contribution in [3.63, 3.8) is 0 Å². The van der Waals surface area contributed by atoms with Gasteiger partial charge in [0.1, 0.15) is 0 Å². The van der Waals surface area contributed by atoms with E-state index in [0.29, 0.717) is 37.2 Å². The van der Waals surface area contributed by atoms with Crippen molar-refractivity contribution < 1.29 is 17.9 Å². The van der Waals surface area contributed by atoms with Gasteiger partial charge in [0.25, 0.3) is 0 Å². The number of nitrogens with one attached hydrogen (secondary N) is 2. The van der Waals surface area contributed by atoms with Crippen LogP contribution in [0.1, 0.15) is 6.92 Å². The number of guanidine groups is 1. The Morgan fingerprint density at radius 1 is 1.30 bits per heavy atom. The minimum absolute atomic E-state index is 0.0329. The number of hydrogen-bond donors (Lipinski definition) is 2. The molecule has 2 N–H and O–H groups in total. The molecule has 0 atom stereocenters. The zero-order valence-electron chi connectivity index (χ0n) is 16.0. The average Bonchev–Trinajstić information content (AvgIpc) is 2.68. The molecule has 1 aromatic carbocycles. The van der Waals surface area contributed by atoms with Gasteiger partial charge < -0.3 is 20.1 Å². The molecule has 0 aliphatic carbocycles. The van der Waals surface area contributed by atoms with Crippen LogP contribution in [0.2, 0.25) is 0 Å². The summed E-state index contributed by atoms with van der Waals surface area (Å²) in [5.74, 6) is 3.52. The number of anilines is 1. The first-order chi connectivity index (χ1) is 13.0. The standard InChI is InChI=1S/C17H28N4O4S2/c1-4-25-16-13-14(5-6-15(16)24-3)20-17(18-2)19-7-12-27(22,23)21-8-10-26-11-9-21/h5-6,13H,4,7-12H2,1-3H3,(H2,18,19,20). The van der Waals surface area contributed by atoms with Gasteiger partial charge in [0.2, 0.25) is 10.0 Å². The van der Waals surface area contributed by atoms with E-state index in [1.54, 1.807) is 36.3 Å². The number of aliphatic imine (C=N–C) groups is 1. The van der Waals surface area contributed by atoms with E-state index >= 15 is 0 Å². The minimum Gasteiger partial charge on any atom is -0.493 e. The van der Waals surface area contributed by atoms with E-state index in [9.17, 15) is 8.42 Å². The molecule has 27 heavy (non-hydrogen) atoms. The smallest absolute Gasteiger partial charge is 0.215 e. The van der Waals surface area contributed by atoms with Crippen molar-refractivity contribution in [3.05, 3.63) is 18.2 Å². The first-order valence-corrected chi connectivity index (χ1v) is 11.6. The lowest BCUT2D eigenvalue weighted by atomic mass is 10.2. The third kappa shape index (κ3) is 6.47. The Bertz CT molecular complexity index is 734. The molecule has 10 heteroatoms. The van der Waals surface area contributed by atoms with E-state index in [1.807, 2.05) is 19.1 Å². The second-order valence-corrected chi connectivity index (χ2v) is 9.06. The predicted molar refractivity (Wildman–Crippen MR) is 112 cm³/mol. The Kier molecular flexibility index (Phi) is 8.52. The number of hydrogen-bond acceptors (Lipinski definition) is 6. The summed E-state index contributed by atoms with van der Waals surface area (Å²) in [6.07, 6.45) is 0. The fourth-order valence-corrected chi connectivity index (χ4v) is 5.08. The molecule has 1 heterocycles. The summed E-state index contributed by atoms with van der Waals surface area (Å²) in [5.41, 5.74) is 0.767. The lowest BCUT2D eigenvalue weighted by Crippen LogP contribution is -2.42. The molecular formula is C17H28N4O4S2. The third-order valence-electron chi connectivity index (χ3n) is 3.97. The van der Waals surface area contributed by atoms with E-state index < -0.39 is 10.0 Å². The average molecular weight is 417 g/mol. The summed E-state index contributed by atoms with van der Waals surface area (Å²) in [6, 6.07) is 5.47. The molecule has 8 nitrogen and oxygen atoms in total. The molecule has 0 bridgehead atoms. The van der Waals surface area contributed by atoms with Crippen molar-refractivity contribution in [3.8, 4) is 11.5 Å². The van der Waals surface area contributed by atoms with E-state index in [0.717, 1.165) is 17.2 Å². The minimum atomic E-state index is -3.24. The van der Waals surface area contributed by atoms with Gasteiger partial charge in [-0.2, -0.15) is 11.8 Å². The molecule has 152 valence electrons. The van der Waals surface area contributed by atoms with Crippen LogP contribution in [0.4, 0.5) is 5.69 Å². The van der Waals surface area contributed by atoms with Crippen molar-refractivity contribution in [2.24, 2.45) is 4.99 Å². The van der Waals surface area contributed by atoms with Gasteiger partial charge in [-0.1, -0.05) is 0 Å². The van der Waals surface area contributed by atoms with Gasteiger partial charge in [0.15, 0.2) is 17.5 Å². The highest BCUT2D eigenvalue weighted by molar-refractivity contribution is 7.99. The lowest BCUT2D eigenvalue weighted by Gasteiger charge is -2.25. The van der Waals surface area contributed by atoms with Crippen molar-refractivity contribution >= 4 is 33.4 Å². The largest absolute Gasteiger partial charge is 0.493 e. The van der Waals surface area contributed by atoms with Crippen LogP contribution in [-0.2, 0) is 10.0 Å². The molecule has 0 amide bonds. The first-order valence-electron chi connectivity index (χ1n) is 8.84. The third-order valence-corrected chi connectivity index (χ3v) is 6.78. The van der Waals surface area contributed by atoms with E-state index in [-0.39, 0.29) is 12.3 Å². The maximum absolute atomic E-state index is 12.4. The summed E-state index contributed by atoms with van der Waals surface area (Å²) in [6.45, 7) is 3.89. The van der Waals surface area contributed by atoms with Crippen LogP contribution in [0.5, 0.6) is 11.5 Å². The topological polar surface area (TPSA) is 92.3 Å². The highest BCUT2D eigenvalue weighted by atomic mass is 32.2. The number of sulfonamides is 1. The van der Waals surface area contributed by atoms with Crippen LogP contribution in [0, 0.1) is 0 Å². The molecule has 1 saturated heterocycles. The zero-order valence-corrected chi connectivity index (χ0v) is 17.7. The van der Waals surface area contributed by atoms with Crippen LogP contribution in [0.25, 0.3) is 0 Å².